The highest BCUT2D eigenvalue weighted by molar-refractivity contribution is 5.81. The van der Waals surface area contributed by atoms with Crippen molar-refractivity contribution >= 4 is 11.6 Å². The van der Waals surface area contributed by atoms with Crippen molar-refractivity contribution in [3.05, 3.63) is 78.6 Å². The summed E-state index contributed by atoms with van der Waals surface area (Å²) in [6.07, 6.45) is 4.01. The predicted octanol–water partition coefficient (Wildman–Crippen LogP) is 2.65. The van der Waals surface area contributed by atoms with Crippen molar-refractivity contribution in [2.24, 2.45) is 0 Å². The number of carbonyl (C=O) groups excluding carboxylic acids is 1. The molecule has 0 aliphatic carbocycles. The fraction of sp³-hybridized carbons (Fsp3) is 0.304. The van der Waals surface area contributed by atoms with Gasteiger partial charge < -0.3 is 9.80 Å². The van der Waals surface area contributed by atoms with Gasteiger partial charge in [0.2, 0.25) is 5.91 Å². The molecule has 0 radical (unpaired) electrons. The molecule has 6 heteroatoms. The van der Waals surface area contributed by atoms with Crippen LogP contribution < -0.4 is 4.90 Å². The molecule has 1 amide bonds. The van der Waals surface area contributed by atoms with Gasteiger partial charge in [0.25, 0.3) is 0 Å². The molecule has 1 aromatic heterocycles. The Bertz CT molecular complexity index is 917. The van der Waals surface area contributed by atoms with Crippen LogP contribution in [0.1, 0.15) is 5.56 Å². The van der Waals surface area contributed by atoms with Gasteiger partial charge >= 0.3 is 0 Å². The lowest BCUT2D eigenvalue weighted by atomic mass is 10.2. The number of amides is 1. The van der Waals surface area contributed by atoms with Gasteiger partial charge in [-0.1, -0.05) is 36.4 Å². The summed E-state index contributed by atoms with van der Waals surface area (Å²) >= 11 is 0. The maximum atomic E-state index is 12.7. The van der Waals surface area contributed by atoms with E-state index in [0.717, 1.165) is 44.1 Å². The second kappa shape index (κ2) is 8.92. The van der Waals surface area contributed by atoms with Crippen molar-refractivity contribution < 1.29 is 4.79 Å². The van der Waals surface area contributed by atoms with Crippen LogP contribution in [-0.2, 0) is 11.3 Å². The van der Waals surface area contributed by atoms with Gasteiger partial charge in [0.1, 0.15) is 0 Å². The monoisotopic (exact) mass is 389 g/mol. The number of carbonyl (C=O) groups is 1. The Hall–Kier alpha value is -3.12. The second-order valence-electron chi connectivity index (χ2n) is 7.48. The van der Waals surface area contributed by atoms with Crippen molar-refractivity contribution in [3.8, 4) is 5.69 Å². The van der Waals surface area contributed by atoms with Gasteiger partial charge in [0, 0.05) is 57.2 Å². The quantitative estimate of drug-likeness (QED) is 0.650. The molecule has 2 heterocycles. The molecular formula is C23H27N5O. The van der Waals surface area contributed by atoms with Crippen molar-refractivity contribution in [2.45, 2.75) is 6.54 Å². The number of benzene rings is 2. The maximum absolute atomic E-state index is 12.7. The number of nitrogens with zero attached hydrogens (tertiary/aromatic N) is 5. The molecule has 0 spiro atoms. The van der Waals surface area contributed by atoms with Gasteiger partial charge in [-0.05, 0) is 24.3 Å². The molecule has 1 fully saturated rings. The van der Waals surface area contributed by atoms with Gasteiger partial charge in [-0.2, -0.15) is 5.10 Å². The zero-order valence-electron chi connectivity index (χ0n) is 16.8. The molecule has 0 bridgehead atoms. The average Bonchev–Trinajstić information content (AvgIpc) is 3.24. The molecular weight excluding hydrogens is 362 g/mol. The molecule has 29 heavy (non-hydrogen) atoms. The summed E-state index contributed by atoms with van der Waals surface area (Å²) < 4.78 is 1.91. The Labute approximate surface area is 172 Å². The van der Waals surface area contributed by atoms with Crippen molar-refractivity contribution in [3.63, 3.8) is 0 Å². The summed E-state index contributed by atoms with van der Waals surface area (Å²) in [5.74, 6) is 0.188. The normalized spacial score (nSPS) is 14.7. The zero-order valence-corrected chi connectivity index (χ0v) is 16.8. The number of rotatable bonds is 6. The minimum atomic E-state index is 0.188. The zero-order chi connectivity index (χ0) is 20.1. The number of piperazine rings is 1. The van der Waals surface area contributed by atoms with E-state index in [0.29, 0.717) is 6.54 Å². The first-order valence-corrected chi connectivity index (χ1v) is 10.0. The molecule has 0 unspecified atom stereocenters. The highest BCUT2D eigenvalue weighted by Crippen LogP contribution is 2.13. The fourth-order valence-corrected chi connectivity index (χ4v) is 3.65. The van der Waals surface area contributed by atoms with Crippen LogP contribution in [0.15, 0.2) is 73.1 Å². The Morgan fingerprint density at radius 2 is 1.62 bits per heavy atom. The van der Waals surface area contributed by atoms with E-state index in [1.165, 1.54) is 5.56 Å². The molecule has 2 aromatic carbocycles. The van der Waals surface area contributed by atoms with E-state index in [1.54, 1.807) is 0 Å². The first kappa shape index (κ1) is 19.2. The van der Waals surface area contributed by atoms with Gasteiger partial charge in [-0.25, -0.2) is 4.68 Å². The summed E-state index contributed by atoms with van der Waals surface area (Å²) in [6, 6.07) is 20.2. The smallest absolute Gasteiger partial charge is 0.242 e. The summed E-state index contributed by atoms with van der Waals surface area (Å²) in [4.78, 5) is 19.0. The molecule has 0 N–H and O–H groups in total. The Morgan fingerprint density at radius 1 is 0.966 bits per heavy atom. The highest BCUT2D eigenvalue weighted by atomic mass is 16.2. The Balaban J connectivity index is 1.26. The Kier molecular flexibility index (Phi) is 5.91. The highest BCUT2D eigenvalue weighted by Gasteiger charge is 2.22. The molecule has 4 rings (SSSR count). The minimum Gasteiger partial charge on any atom is -0.365 e. The second-order valence-corrected chi connectivity index (χ2v) is 7.48. The predicted molar refractivity (Wildman–Crippen MR) is 115 cm³/mol. The third kappa shape index (κ3) is 4.84. The van der Waals surface area contributed by atoms with E-state index in [-0.39, 0.29) is 5.91 Å². The SMILES string of the molecule is CN(CC(=O)N1CCN(Cc2cnn(-c3ccccc3)c2)CC1)c1ccccc1. The number of hydrogen-bond donors (Lipinski definition) is 0. The van der Waals surface area contributed by atoms with Gasteiger partial charge in [0.05, 0.1) is 18.4 Å². The molecule has 0 saturated carbocycles. The first-order valence-electron chi connectivity index (χ1n) is 10.0. The fourth-order valence-electron chi connectivity index (χ4n) is 3.65. The number of likely N-dealkylation sites (N-methyl/N-ethyl adjacent to an activating group) is 1. The topological polar surface area (TPSA) is 44.6 Å². The van der Waals surface area contributed by atoms with E-state index in [1.807, 2.05) is 88.4 Å². The van der Waals surface area contributed by atoms with E-state index in [2.05, 4.69) is 16.2 Å². The van der Waals surface area contributed by atoms with E-state index in [9.17, 15) is 4.79 Å². The lowest BCUT2D eigenvalue weighted by Crippen LogP contribution is -2.50. The molecule has 150 valence electrons. The number of anilines is 1. The van der Waals surface area contributed by atoms with Crippen LogP contribution >= 0.6 is 0 Å². The lowest BCUT2D eigenvalue weighted by molar-refractivity contribution is -0.131. The van der Waals surface area contributed by atoms with Crippen LogP contribution in [0.4, 0.5) is 5.69 Å². The van der Waals surface area contributed by atoms with Crippen LogP contribution in [0.25, 0.3) is 5.69 Å². The van der Waals surface area contributed by atoms with Crippen LogP contribution in [-0.4, -0.2) is 65.3 Å². The molecule has 6 nitrogen and oxygen atoms in total. The van der Waals surface area contributed by atoms with Crippen molar-refractivity contribution in [1.29, 1.82) is 0 Å². The van der Waals surface area contributed by atoms with E-state index in [4.69, 9.17) is 0 Å². The summed E-state index contributed by atoms with van der Waals surface area (Å²) in [5.41, 5.74) is 3.32. The minimum absolute atomic E-state index is 0.188. The molecule has 1 aliphatic heterocycles. The third-order valence-electron chi connectivity index (χ3n) is 5.36. The lowest BCUT2D eigenvalue weighted by Gasteiger charge is -2.35. The van der Waals surface area contributed by atoms with Crippen molar-refractivity contribution in [1.82, 2.24) is 19.6 Å². The molecule has 1 saturated heterocycles. The van der Waals surface area contributed by atoms with Crippen LogP contribution in [0, 0.1) is 0 Å². The van der Waals surface area contributed by atoms with E-state index >= 15 is 0 Å². The van der Waals surface area contributed by atoms with Crippen LogP contribution in [0.2, 0.25) is 0 Å². The number of para-hydroxylation sites is 2. The number of aromatic nitrogens is 2. The van der Waals surface area contributed by atoms with Crippen LogP contribution in [0.3, 0.4) is 0 Å². The first-order chi connectivity index (χ1) is 14.2. The summed E-state index contributed by atoms with van der Waals surface area (Å²) in [5, 5.41) is 4.48. The van der Waals surface area contributed by atoms with Crippen molar-refractivity contribution in [2.75, 3.05) is 44.7 Å². The summed E-state index contributed by atoms with van der Waals surface area (Å²) in [6.45, 7) is 4.59. The molecule has 3 aromatic rings. The average molecular weight is 390 g/mol. The standard InChI is InChI=1S/C23H27N5O/c1-25(21-8-4-2-5-9-21)19-23(29)27-14-12-26(13-15-27)17-20-16-24-28(18-20)22-10-6-3-7-11-22/h2-11,16,18H,12-15,17,19H2,1H3. The van der Waals surface area contributed by atoms with E-state index < -0.39 is 0 Å². The van der Waals surface area contributed by atoms with Crippen LogP contribution in [0.5, 0.6) is 0 Å². The largest absolute Gasteiger partial charge is 0.365 e. The Morgan fingerprint density at radius 3 is 2.31 bits per heavy atom. The molecule has 0 atom stereocenters. The third-order valence-corrected chi connectivity index (χ3v) is 5.36. The maximum Gasteiger partial charge on any atom is 0.242 e. The molecule has 1 aliphatic rings. The van der Waals surface area contributed by atoms with Gasteiger partial charge in [0.15, 0.2) is 0 Å². The summed E-state index contributed by atoms with van der Waals surface area (Å²) in [7, 11) is 1.97. The van der Waals surface area contributed by atoms with Gasteiger partial charge in [-0.15, -0.1) is 0 Å². The number of hydrogen-bond acceptors (Lipinski definition) is 4. The van der Waals surface area contributed by atoms with Gasteiger partial charge in [-0.3, -0.25) is 9.69 Å².